The molecule has 0 amide bonds. The second-order valence-corrected chi connectivity index (χ2v) is 3.84. The van der Waals surface area contributed by atoms with E-state index >= 15 is 0 Å². The zero-order valence-electron chi connectivity index (χ0n) is 10.4. The number of aromatic nitrogens is 3. The maximum Gasteiger partial charge on any atom is 0.140 e. The number of aryl methyl sites for hydroxylation is 1. The van der Waals surface area contributed by atoms with Crippen LogP contribution in [0.3, 0.4) is 0 Å². The van der Waals surface area contributed by atoms with Gasteiger partial charge in [-0.3, -0.25) is 15.0 Å². The van der Waals surface area contributed by atoms with E-state index in [9.17, 15) is 0 Å². The number of nitrogens with one attached hydrogen (secondary N) is 1. The van der Waals surface area contributed by atoms with E-state index in [4.69, 9.17) is 15.9 Å². The maximum absolute atomic E-state index is 7.24. The first kappa shape index (κ1) is 13.6. The van der Waals surface area contributed by atoms with Crippen molar-refractivity contribution in [2.24, 2.45) is 12.8 Å². The number of nitrogens with zero attached hydrogens (tertiary/aromatic N) is 4. The quantitative estimate of drug-likeness (QED) is 0.476. The number of hydrogen-bond donors (Lipinski definition) is 2. The Labute approximate surface area is 101 Å². The fourth-order valence-corrected chi connectivity index (χ4v) is 1.43. The predicted molar refractivity (Wildman–Crippen MR) is 64.7 cm³/mol. The minimum absolute atomic E-state index is 0.199. The van der Waals surface area contributed by atoms with Crippen LogP contribution in [0, 0.1) is 5.41 Å². The summed E-state index contributed by atoms with van der Waals surface area (Å²) in [7, 11) is 3.54. The molecule has 0 fully saturated rings. The van der Waals surface area contributed by atoms with Gasteiger partial charge in [0.2, 0.25) is 0 Å². The molecule has 17 heavy (non-hydrogen) atoms. The monoisotopic (exact) mass is 240 g/mol. The van der Waals surface area contributed by atoms with Crippen molar-refractivity contribution in [1.82, 2.24) is 19.7 Å². The average molecular weight is 240 g/mol. The van der Waals surface area contributed by atoms with E-state index < -0.39 is 0 Å². The van der Waals surface area contributed by atoms with E-state index in [2.05, 4.69) is 15.0 Å². The van der Waals surface area contributed by atoms with Crippen LogP contribution in [0.25, 0.3) is 0 Å². The lowest BCUT2D eigenvalue weighted by Crippen LogP contribution is -2.31. The van der Waals surface area contributed by atoms with E-state index in [1.807, 2.05) is 7.05 Å². The summed E-state index contributed by atoms with van der Waals surface area (Å²) >= 11 is 0. The third kappa shape index (κ3) is 4.92. The summed E-state index contributed by atoms with van der Waals surface area (Å²) in [6.45, 7) is 2.85. The Balaban J connectivity index is 2.50. The molecule has 0 saturated carbocycles. The molecule has 0 atom stereocenters. The van der Waals surface area contributed by atoms with Crippen LogP contribution in [0.15, 0.2) is 6.33 Å². The van der Waals surface area contributed by atoms with Crippen LogP contribution >= 0.6 is 0 Å². The van der Waals surface area contributed by atoms with E-state index in [0.717, 1.165) is 18.9 Å². The van der Waals surface area contributed by atoms with Crippen LogP contribution < -0.4 is 5.73 Å². The molecule has 0 aliphatic heterocycles. The van der Waals surface area contributed by atoms with Crippen LogP contribution in [0.4, 0.5) is 0 Å². The highest BCUT2D eigenvalue weighted by molar-refractivity contribution is 5.76. The molecule has 3 N–H and O–H groups in total. The molecule has 0 aliphatic carbocycles. The van der Waals surface area contributed by atoms with Gasteiger partial charge in [-0.25, -0.2) is 4.98 Å². The normalized spacial score (nSPS) is 11.0. The zero-order valence-corrected chi connectivity index (χ0v) is 10.4. The van der Waals surface area contributed by atoms with E-state index in [0.29, 0.717) is 19.6 Å². The first-order valence-corrected chi connectivity index (χ1v) is 5.50. The van der Waals surface area contributed by atoms with Crippen molar-refractivity contribution in [3.63, 3.8) is 0 Å². The van der Waals surface area contributed by atoms with Gasteiger partial charge < -0.3 is 10.5 Å². The number of methoxy groups -OCH3 is 1. The van der Waals surface area contributed by atoms with E-state index in [-0.39, 0.29) is 5.84 Å². The van der Waals surface area contributed by atoms with Gasteiger partial charge >= 0.3 is 0 Å². The van der Waals surface area contributed by atoms with Crippen molar-refractivity contribution in [3.8, 4) is 0 Å². The summed E-state index contributed by atoms with van der Waals surface area (Å²) in [5, 5.41) is 11.3. The molecule has 0 unspecified atom stereocenters. The fraction of sp³-hybridized carbons (Fsp3) is 0.700. The number of ether oxygens (including phenoxy) is 1. The minimum atomic E-state index is 0.199. The summed E-state index contributed by atoms with van der Waals surface area (Å²) in [5.74, 6) is 1.09. The van der Waals surface area contributed by atoms with Crippen LogP contribution in [0.5, 0.6) is 0 Å². The molecule has 0 aliphatic rings. The van der Waals surface area contributed by atoms with Crippen LogP contribution in [0.2, 0.25) is 0 Å². The van der Waals surface area contributed by atoms with Crippen molar-refractivity contribution in [3.05, 3.63) is 12.2 Å². The van der Waals surface area contributed by atoms with Gasteiger partial charge in [-0.05, 0) is 0 Å². The molecule has 1 aromatic rings. The molecule has 0 bridgehead atoms. The fourth-order valence-electron chi connectivity index (χ4n) is 1.43. The van der Waals surface area contributed by atoms with Crippen molar-refractivity contribution < 1.29 is 4.74 Å². The SMILES string of the molecule is COCCN(CCC(=N)N)Cc1ncnn1C. The Bertz CT molecular complexity index is 350. The van der Waals surface area contributed by atoms with Gasteiger partial charge in [0.15, 0.2) is 0 Å². The number of rotatable bonds is 8. The van der Waals surface area contributed by atoms with Crippen molar-refractivity contribution >= 4 is 5.84 Å². The minimum Gasteiger partial charge on any atom is -0.388 e. The van der Waals surface area contributed by atoms with Crippen LogP contribution in [-0.4, -0.2) is 52.3 Å². The summed E-state index contributed by atoms with van der Waals surface area (Å²) < 4.78 is 6.80. The predicted octanol–water partition coefficient (Wildman–Crippen LogP) is -0.410. The second kappa shape index (κ2) is 6.97. The largest absolute Gasteiger partial charge is 0.388 e. The molecule has 0 radical (unpaired) electrons. The smallest absolute Gasteiger partial charge is 0.140 e. The van der Waals surface area contributed by atoms with Gasteiger partial charge in [0, 0.05) is 33.7 Å². The lowest BCUT2D eigenvalue weighted by Gasteiger charge is -2.20. The summed E-state index contributed by atoms with van der Waals surface area (Å²) in [6.07, 6.45) is 2.09. The van der Waals surface area contributed by atoms with Crippen molar-refractivity contribution in [1.29, 1.82) is 5.41 Å². The Hall–Kier alpha value is -1.47. The van der Waals surface area contributed by atoms with Crippen LogP contribution in [0.1, 0.15) is 12.2 Å². The van der Waals surface area contributed by atoms with Gasteiger partial charge in [0.25, 0.3) is 0 Å². The molecule has 1 heterocycles. The van der Waals surface area contributed by atoms with Crippen molar-refractivity contribution in [2.45, 2.75) is 13.0 Å². The topological polar surface area (TPSA) is 93.1 Å². The Morgan fingerprint density at radius 2 is 2.35 bits per heavy atom. The molecule has 1 aromatic heterocycles. The first-order chi connectivity index (χ1) is 8.13. The van der Waals surface area contributed by atoms with Gasteiger partial charge in [-0.1, -0.05) is 0 Å². The maximum atomic E-state index is 7.24. The highest BCUT2D eigenvalue weighted by atomic mass is 16.5. The molecule has 7 nitrogen and oxygen atoms in total. The molecule has 1 rings (SSSR count). The first-order valence-electron chi connectivity index (χ1n) is 5.50. The lowest BCUT2D eigenvalue weighted by atomic mass is 10.3. The highest BCUT2D eigenvalue weighted by Gasteiger charge is 2.09. The van der Waals surface area contributed by atoms with E-state index in [1.54, 1.807) is 11.8 Å². The highest BCUT2D eigenvalue weighted by Crippen LogP contribution is 2.01. The van der Waals surface area contributed by atoms with Gasteiger partial charge in [0.1, 0.15) is 12.2 Å². The molecule has 0 saturated heterocycles. The Morgan fingerprint density at radius 1 is 1.59 bits per heavy atom. The Morgan fingerprint density at radius 3 is 2.88 bits per heavy atom. The number of amidine groups is 1. The van der Waals surface area contributed by atoms with Gasteiger partial charge in [0.05, 0.1) is 19.0 Å². The van der Waals surface area contributed by atoms with Crippen LogP contribution in [-0.2, 0) is 18.3 Å². The molecule has 96 valence electrons. The van der Waals surface area contributed by atoms with Gasteiger partial charge in [-0.2, -0.15) is 5.10 Å². The number of nitrogens with two attached hydrogens (primary N) is 1. The van der Waals surface area contributed by atoms with Gasteiger partial charge in [-0.15, -0.1) is 0 Å². The average Bonchev–Trinajstić information content (AvgIpc) is 2.68. The van der Waals surface area contributed by atoms with Crippen molar-refractivity contribution in [2.75, 3.05) is 26.8 Å². The number of hydrogen-bond acceptors (Lipinski definition) is 5. The molecule has 0 aromatic carbocycles. The molecule has 0 spiro atoms. The van der Waals surface area contributed by atoms with E-state index in [1.165, 1.54) is 6.33 Å². The zero-order chi connectivity index (χ0) is 12.7. The second-order valence-electron chi connectivity index (χ2n) is 3.84. The summed E-state index contributed by atoms with van der Waals surface area (Å²) in [6, 6.07) is 0. The molecular weight excluding hydrogens is 220 g/mol. The third-order valence-electron chi connectivity index (χ3n) is 2.48. The lowest BCUT2D eigenvalue weighted by molar-refractivity contribution is 0.143. The summed E-state index contributed by atoms with van der Waals surface area (Å²) in [4.78, 5) is 6.32. The third-order valence-corrected chi connectivity index (χ3v) is 2.48. The molecule has 7 heteroatoms. The standard InChI is InChI=1S/C10H20N6O/c1-15-10(13-8-14-15)7-16(5-6-17-2)4-3-9(11)12/h8H,3-7H2,1-2H3,(H3,11,12). The molecular formula is C10H20N6O. The Kier molecular flexibility index (Phi) is 5.58. The summed E-state index contributed by atoms with van der Waals surface area (Å²) in [5.41, 5.74) is 5.36.